The molecule has 0 radical (unpaired) electrons. The molecular formula is C13H18FNO4. The molecule has 1 atom stereocenters. The standard InChI is InChI=1S/C13H18FNO4/c1-13(2,3)19-12(18)15-9-6-8(11(17)7-14)4-5-10(9)16/h4-6,11,16-17H,7H2,1-3H3,(H,15,18). The van der Waals surface area contributed by atoms with Crippen LogP contribution in [-0.4, -0.2) is 28.6 Å². The van der Waals surface area contributed by atoms with Gasteiger partial charge in [-0.25, -0.2) is 9.18 Å². The van der Waals surface area contributed by atoms with Gasteiger partial charge in [0.15, 0.2) is 0 Å². The van der Waals surface area contributed by atoms with Gasteiger partial charge in [-0.15, -0.1) is 0 Å². The first-order chi connectivity index (χ1) is 8.73. The van der Waals surface area contributed by atoms with Gasteiger partial charge in [0.25, 0.3) is 0 Å². The highest BCUT2D eigenvalue weighted by Gasteiger charge is 2.18. The number of aliphatic hydroxyl groups excluding tert-OH is 1. The number of phenols is 1. The molecule has 0 aliphatic carbocycles. The van der Waals surface area contributed by atoms with E-state index in [-0.39, 0.29) is 17.0 Å². The predicted octanol–water partition coefficient (Wildman–Crippen LogP) is 2.74. The molecule has 0 heterocycles. The van der Waals surface area contributed by atoms with Gasteiger partial charge >= 0.3 is 6.09 Å². The predicted molar refractivity (Wildman–Crippen MR) is 68.9 cm³/mol. The third-order valence-electron chi connectivity index (χ3n) is 2.19. The molecule has 0 saturated carbocycles. The Morgan fingerprint density at radius 2 is 2.11 bits per heavy atom. The maximum Gasteiger partial charge on any atom is 0.412 e. The molecule has 6 heteroatoms. The molecule has 0 aliphatic heterocycles. The minimum atomic E-state index is -1.29. The van der Waals surface area contributed by atoms with Crippen molar-refractivity contribution in [1.29, 1.82) is 0 Å². The minimum Gasteiger partial charge on any atom is -0.506 e. The summed E-state index contributed by atoms with van der Waals surface area (Å²) in [6, 6.07) is 3.93. The van der Waals surface area contributed by atoms with Crippen molar-refractivity contribution in [2.24, 2.45) is 0 Å². The number of alkyl halides is 1. The molecule has 0 aromatic heterocycles. The SMILES string of the molecule is CC(C)(C)OC(=O)Nc1cc(C(O)CF)ccc1O. The van der Waals surface area contributed by atoms with Crippen molar-refractivity contribution in [2.75, 3.05) is 12.0 Å². The Balaban J connectivity index is 2.85. The number of amides is 1. The van der Waals surface area contributed by atoms with Gasteiger partial charge in [-0.05, 0) is 38.5 Å². The van der Waals surface area contributed by atoms with Crippen molar-refractivity contribution in [3.63, 3.8) is 0 Å². The smallest absolute Gasteiger partial charge is 0.412 e. The fraction of sp³-hybridized carbons (Fsp3) is 0.462. The molecule has 0 aliphatic rings. The second kappa shape index (κ2) is 5.88. The van der Waals surface area contributed by atoms with Crippen molar-refractivity contribution in [2.45, 2.75) is 32.5 Å². The number of anilines is 1. The summed E-state index contributed by atoms with van der Waals surface area (Å²) >= 11 is 0. The second-order valence-corrected chi connectivity index (χ2v) is 5.07. The number of carbonyl (C=O) groups excluding carboxylic acids is 1. The lowest BCUT2D eigenvalue weighted by atomic mass is 10.1. The zero-order chi connectivity index (χ0) is 14.6. The Morgan fingerprint density at radius 3 is 2.63 bits per heavy atom. The third kappa shape index (κ3) is 4.75. The van der Waals surface area contributed by atoms with E-state index in [2.05, 4.69) is 5.32 Å². The maximum atomic E-state index is 12.4. The average Bonchev–Trinajstić information content (AvgIpc) is 2.28. The van der Waals surface area contributed by atoms with E-state index in [1.807, 2.05) is 0 Å². The first-order valence-corrected chi connectivity index (χ1v) is 5.80. The Kier molecular flexibility index (Phi) is 4.72. The van der Waals surface area contributed by atoms with Crippen LogP contribution in [0.2, 0.25) is 0 Å². The monoisotopic (exact) mass is 271 g/mol. The van der Waals surface area contributed by atoms with E-state index in [9.17, 15) is 19.4 Å². The number of hydrogen-bond acceptors (Lipinski definition) is 4. The van der Waals surface area contributed by atoms with Crippen LogP contribution in [0.5, 0.6) is 5.75 Å². The van der Waals surface area contributed by atoms with Gasteiger partial charge in [0.05, 0.1) is 5.69 Å². The zero-order valence-electron chi connectivity index (χ0n) is 11.1. The molecule has 0 saturated heterocycles. The van der Waals surface area contributed by atoms with E-state index in [0.29, 0.717) is 0 Å². The second-order valence-electron chi connectivity index (χ2n) is 5.07. The molecule has 5 nitrogen and oxygen atoms in total. The van der Waals surface area contributed by atoms with E-state index in [1.165, 1.54) is 18.2 Å². The van der Waals surface area contributed by atoms with E-state index in [1.54, 1.807) is 20.8 Å². The van der Waals surface area contributed by atoms with Crippen LogP contribution in [0.25, 0.3) is 0 Å². The van der Waals surface area contributed by atoms with Crippen molar-refractivity contribution in [3.05, 3.63) is 23.8 Å². The molecule has 1 unspecified atom stereocenters. The van der Waals surface area contributed by atoms with Crippen molar-refractivity contribution < 1.29 is 24.1 Å². The quantitative estimate of drug-likeness (QED) is 0.738. The zero-order valence-corrected chi connectivity index (χ0v) is 11.1. The lowest BCUT2D eigenvalue weighted by Crippen LogP contribution is -2.27. The van der Waals surface area contributed by atoms with Crippen LogP contribution in [-0.2, 0) is 4.74 Å². The Morgan fingerprint density at radius 1 is 1.47 bits per heavy atom. The van der Waals surface area contributed by atoms with Gasteiger partial charge in [0.1, 0.15) is 24.1 Å². The van der Waals surface area contributed by atoms with Crippen LogP contribution >= 0.6 is 0 Å². The number of aliphatic hydroxyl groups is 1. The first-order valence-electron chi connectivity index (χ1n) is 5.80. The number of benzene rings is 1. The molecule has 1 aromatic rings. The van der Waals surface area contributed by atoms with Crippen molar-refractivity contribution >= 4 is 11.8 Å². The summed E-state index contributed by atoms with van der Waals surface area (Å²) in [6.07, 6.45) is -2.03. The number of halogens is 1. The topological polar surface area (TPSA) is 78.8 Å². The molecule has 0 spiro atoms. The first kappa shape index (κ1) is 15.2. The number of hydrogen-bond donors (Lipinski definition) is 3. The van der Waals surface area contributed by atoms with Gasteiger partial charge in [-0.3, -0.25) is 5.32 Å². The fourth-order valence-electron chi connectivity index (χ4n) is 1.36. The summed E-state index contributed by atoms with van der Waals surface area (Å²) in [7, 11) is 0. The van der Waals surface area contributed by atoms with Crippen LogP contribution in [0.3, 0.4) is 0 Å². The Labute approximate surface area is 111 Å². The lowest BCUT2D eigenvalue weighted by Gasteiger charge is -2.20. The van der Waals surface area contributed by atoms with Crippen LogP contribution in [0.15, 0.2) is 18.2 Å². The molecule has 1 rings (SSSR count). The minimum absolute atomic E-state index is 0.0549. The van der Waals surface area contributed by atoms with E-state index < -0.39 is 24.5 Å². The van der Waals surface area contributed by atoms with E-state index in [4.69, 9.17) is 4.74 Å². The highest BCUT2D eigenvalue weighted by atomic mass is 19.1. The van der Waals surface area contributed by atoms with Crippen LogP contribution in [0.4, 0.5) is 14.9 Å². The Bertz CT molecular complexity index is 456. The van der Waals surface area contributed by atoms with E-state index >= 15 is 0 Å². The highest BCUT2D eigenvalue weighted by molar-refractivity contribution is 5.87. The summed E-state index contributed by atoms with van der Waals surface area (Å²) in [4.78, 5) is 11.5. The van der Waals surface area contributed by atoms with Crippen molar-refractivity contribution in [1.82, 2.24) is 0 Å². The summed E-state index contributed by atoms with van der Waals surface area (Å²) < 4.78 is 17.4. The summed E-state index contributed by atoms with van der Waals surface area (Å²) in [6.45, 7) is 4.16. The van der Waals surface area contributed by atoms with Gasteiger partial charge in [-0.2, -0.15) is 0 Å². The molecule has 1 aromatic carbocycles. The normalized spacial score (nSPS) is 12.9. The Hall–Kier alpha value is -1.82. The van der Waals surface area contributed by atoms with Crippen LogP contribution < -0.4 is 5.32 Å². The number of carbonyl (C=O) groups is 1. The third-order valence-corrected chi connectivity index (χ3v) is 2.19. The number of phenolic OH excluding ortho intramolecular Hbond substituents is 1. The molecule has 3 N–H and O–H groups in total. The molecule has 19 heavy (non-hydrogen) atoms. The van der Waals surface area contributed by atoms with Gasteiger partial charge in [-0.1, -0.05) is 6.07 Å². The molecule has 1 amide bonds. The van der Waals surface area contributed by atoms with E-state index in [0.717, 1.165) is 0 Å². The number of ether oxygens (including phenoxy) is 1. The highest BCUT2D eigenvalue weighted by Crippen LogP contribution is 2.27. The number of nitrogens with one attached hydrogen (secondary N) is 1. The average molecular weight is 271 g/mol. The van der Waals surface area contributed by atoms with Gasteiger partial charge in [0.2, 0.25) is 0 Å². The van der Waals surface area contributed by atoms with Crippen LogP contribution in [0, 0.1) is 0 Å². The largest absolute Gasteiger partial charge is 0.506 e. The molecule has 0 fully saturated rings. The summed E-state index contributed by atoms with van der Waals surface area (Å²) in [5, 5.41) is 21.3. The van der Waals surface area contributed by atoms with Gasteiger partial charge < -0.3 is 14.9 Å². The fourth-order valence-corrected chi connectivity index (χ4v) is 1.36. The molecule has 106 valence electrons. The molecule has 0 bridgehead atoms. The number of rotatable bonds is 3. The number of aromatic hydroxyl groups is 1. The molecular weight excluding hydrogens is 253 g/mol. The summed E-state index contributed by atoms with van der Waals surface area (Å²) in [5.41, 5.74) is -0.360. The summed E-state index contributed by atoms with van der Waals surface area (Å²) in [5.74, 6) is -0.194. The maximum absolute atomic E-state index is 12.4. The van der Waals surface area contributed by atoms with Gasteiger partial charge in [0, 0.05) is 0 Å². The van der Waals surface area contributed by atoms with Crippen LogP contribution in [0.1, 0.15) is 32.4 Å². The lowest BCUT2D eigenvalue weighted by molar-refractivity contribution is 0.0635. The van der Waals surface area contributed by atoms with Crippen molar-refractivity contribution in [3.8, 4) is 5.75 Å².